The first-order valence-electron chi connectivity index (χ1n) is 8.42. The van der Waals surface area contributed by atoms with E-state index in [-0.39, 0.29) is 6.10 Å². The number of hydrogen-bond acceptors (Lipinski definition) is 4. The zero-order valence-electron chi connectivity index (χ0n) is 13.2. The van der Waals surface area contributed by atoms with Crippen molar-refractivity contribution >= 4 is 11.2 Å². The number of imidazole rings is 1. The lowest BCUT2D eigenvalue weighted by atomic mass is 10.1. The van der Waals surface area contributed by atoms with Gasteiger partial charge >= 0.3 is 0 Å². The van der Waals surface area contributed by atoms with Gasteiger partial charge in [0.15, 0.2) is 5.65 Å². The highest BCUT2D eigenvalue weighted by atomic mass is 16.5. The average molecular weight is 300 g/mol. The Morgan fingerprint density at radius 1 is 1.32 bits per heavy atom. The molecule has 2 aliphatic heterocycles. The molecule has 2 aliphatic rings. The van der Waals surface area contributed by atoms with Crippen LogP contribution in [0.2, 0.25) is 0 Å². The van der Waals surface area contributed by atoms with Crippen LogP contribution in [0.3, 0.4) is 0 Å². The van der Waals surface area contributed by atoms with Gasteiger partial charge in [0.25, 0.3) is 0 Å². The van der Waals surface area contributed by atoms with Gasteiger partial charge in [0.05, 0.1) is 0 Å². The highest BCUT2D eigenvalue weighted by molar-refractivity contribution is 5.71. The molecule has 118 valence electrons. The van der Waals surface area contributed by atoms with Crippen LogP contribution in [-0.2, 0) is 11.3 Å². The smallest absolute Gasteiger partial charge is 0.160 e. The van der Waals surface area contributed by atoms with Crippen molar-refractivity contribution in [3.63, 3.8) is 0 Å². The van der Waals surface area contributed by atoms with Gasteiger partial charge in [-0.25, -0.2) is 9.97 Å². The molecule has 2 aromatic heterocycles. The van der Waals surface area contributed by atoms with E-state index in [0.29, 0.717) is 5.92 Å². The van der Waals surface area contributed by atoms with Crippen molar-refractivity contribution < 1.29 is 4.74 Å². The molecule has 4 heterocycles. The highest BCUT2D eigenvalue weighted by Crippen LogP contribution is 2.30. The SMILES string of the molecule is CN1CCC(Cn2c(C3CCCCO3)nc3cccnc32)C1. The second kappa shape index (κ2) is 5.97. The minimum Gasteiger partial charge on any atom is -0.370 e. The predicted molar refractivity (Wildman–Crippen MR) is 85.7 cm³/mol. The van der Waals surface area contributed by atoms with Crippen LogP contribution in [0.15, 0.2) is 18.3 Å². The van der Waals surface area contributed by atoms with E-state index in [4.69, 9.17) is 9.72 Å². The van der Waals surface area contributed by atoms with Crippen LogP contribution < -0.4 is 0 Å². The summed E-state index contributed by atoms with van der Waals surface area (Å²) in [5, 5.41) is 0. The maximum atomic E-state index is 6.00. The van der Waals surface area contributed by atoms with Crippen LogP contribution in [0.4, 0.5) is 0 Å². The predicted octanol–water partition coefficient (Wildman–Crippen LogP) is 2.62. The van der Waals surface area contributed by atoms with Gasteiger partial charge in [0.1, 0.15) is 17.4 Å². The first-order chi connectivity index (χ1) is 10.8. The fraction of sp³-hybridized carbons (Fsp3) is 0.647. The van der Waals surface area contributed by atoms with Gasteiger partial charge in [-0.05, 0) is 57.3 Å². The molecule has 2 saturated heterocycles. The van der Waals surface area contributed by atoms with E-state index in [1.54, 1.807) is 0 Å². The Hall–Kier alpha value is -1.46. The molecule has 2 atom stereocenters. The summed E-state index contributed by atoms with van der Waals surface area (Å²) in [7, 11) is 2.20. The molecule has 0 radical (unpaired) electrons. The molecule has 4 rings (SSSR count). The number of rotatable bonds is 3. The molecule has 2 unspecified atom stereocenters. The molecule has 2 aromatic rings. The molecular formula is C17H24N4O. The summed E-state index contributed by atoms with van der Waals surface area (Å²) in [5.41, 5.74) is 2.01. The van der Waals surface area contributed by atoms with E-state index in [1.807, 2.05) is 12.3 Å². The Balaban J connectivity index is 1.69. The van der Waals surface area contributed by atoms with Gasteiger partial charge in [-0.3, -0.25) is 0 Å². The summed E-state index contributed by atoms with van der Waals surface area (Å²) in [6.07, 6.45) is 6.74. The lowest BCUT2D eigenvalue weighted by Gasteiger charge is -2.24. The topological polar surface area (TPSA) is 43.2 Å². The lowest BCUT2D eigenvalue weighted by molar-refractivity contribution is 0.00725. The normalized spacial score (nSPS) is 26.8. The van der Waals surface area contributed by atoms with E-state index in [2.05, 4.69) is 27.6 Å². The van der Waals surface area contributed by atoms with Gasteiger partial charge < -0.3 is 14.2 Å². The number of hydrogen-bond donors (Lipinski definition) is 0. The van der Waals surface area contributed by atoms with Gasteiger partial charge in [0.2, 0.25) is 0 Å². The summed E-state index contributed by atoms with van der Waals surface area (Å²) in [6, 6.07) is 4.03. The Morgan fingerprint density at radius 3 is 3.05 bits per heavy atom. The van der Waals surface area contributed by atoms with Crippen molar-refractivity contribution in [1.82, 2.24) is 19.4 Å². The molecule has 0 amide bonds. The van der Waals surface area contributed by atoms with Crippen molar-refractivity contribution in [2.45, 2.75) is 38.3 Å². The Bertz CT molecular complexity index is 647. The largest absolute Gasteiger partial charge is 0.370 e. The summed E-state index contributed by atoms with van der Waals surface area (Å²) in [5.74, 6) is 1.77. The Kier molecular flexibility index (Phi) is 3.84. The summed E-state index contributed by atoms with van der Waals surface area (Å²) in [4.78, 5) is 11.9. The average Bonchev–Trinajstić information content (AvgIpc) is 3.13. The fourth-order valence-corrected chi connectivity index (χ4v) is 3.78. The molecule has 0 N–H and O–H groups in total. The van der Waals surface area contributed by atoms with Crippen LogP contribution in [-0.4, -0.2) is 46.2 Å². The van der Waals surface area contributed by atoms with E-state index in [9.17, 15) is 0 Å². The van der Waals surface area contributed by atoms with Crippen molar-refractivity contribution in [3.05, 3.63) is 24.2 Å². The van der Waals surface area contributed by atoms with E-state index >= 15 is 0 Å². The zero-order chi connectivity index (χ0) is 14.9. The van der Waals surface area contributed by atoms with Crippen molar-refractivity contribution in [1.29, 1.82) is 0 Å². The standard InChI is InChI=1S/C17H24N4O/c1-20-9-7-13(11-20)12-21-16-14(5-4-8-18-16)19-17(21)15-6-2-3-10-22-15/h4-5,8,13,15H,2-3,6-7,9-12H2,1H3. The number of nitrogens with zero attached hydrogens (tertiary/aromatic N) is 4. The maximum Gasteiger partial charge on any atom is 0.160 e. The lowest BCUT2D eigenvalue weighted by Crippen LogP contribution is -2.21. The first kappa shape index (κ1) is 14.2. The minimum absolute atomic E-state index is 0.141. The molecule has 0 aromatic carbocycles. The van der Waals surface area contributed by atoms with Gasteiger partial charge in [-0.15, -0.1) is 0 Å². The molecule has 5 heteroatoms. The Labute approximate surface area is 131 Å². The summed E-state index contributed by atoms with van der Waals surface area (Å²) < 4.78 is 8.33. The van der Waals surface area contributed by atoms with Crippen LogP contribution in [0.1, 0.15) is 37.6 Å². The number of likely N-dealkylation sites (tertiary alicyclic amines) is 1. The summed E-state index contributed by atoms with van der Waals surface area (Å²) in [6.45, 7) is 4.22. The van der Waals surface area contributed by atoms with Crippen molar-refractivity contribution in [3.8, 4) is 0 Å². The second-order valence-corrected chi connectivity index (χ2v) is 6.70. The molecule has 0 spiro atoms. The van der Waals surface area contributed by atoms with E-state index in [1.165, 1.54) is 25.8 Å². The third-order valence-corrected chi connectivity index (χ3v) is 4.93. The van der Waals surface area contributed by atoms with Crippen LogP contribution >= 0.6 is 0 Å². The first-order valence-corrected chi connectivity index (χ1v) is 8.42. The zero-order valence-corrected chi connectivity index (χ0v) is 13.2. The maximum absolute atomic E-state index is 6.00. The van der Waals surface area contributed by atoms with Gasteiger partial charge in [0, 0.05) is 25.9 Å². The van der Waals surface area contributed by atoms with Crippen LogP contribution in [0.25, 0.3) is 11.2 Å². The monoisotopic (exact) mass is 300 g/mol. The molecular weight excluding hydrogens is 276 g/mol. The second-order valence-electron chi connectivity index (χ2n) is 6.70. The molecule has 0 bridgehead atoms. The number of pyridine rings is 1. The van der Waals surface area contributed by atoms with Crippen molar-refractivity contribution in [2.24, 2.45) is 5.92 Å². The van der Waals surface area contributed by atoms with Crippen molar-refractivity contribution in [2.75, 3.05) is 26.7 Å². The summed E-state index contributed by atoms with van der Waals surface area (Å²) >= 11 is 0. The molecule has 5 nitrogen and oxygen atoms in total. The van der Waals surface area contributed by atoms with Crippen LogP contribution in [0.5, 0.6) is 0 Å². The highest BCUT2D eigenvalue weighted by Gasteiger charge is 2.27. The van der Waals surface area contributed by atoms with E-state index in [0.717, 1.165) is 43.1 Å². The molecule has 0 saturated carbocycles. The van der Waals surface area contributed by atoms with Gasteiger partial charge in [-0.2, -0.15) is 0 Å². The van der Waals surface area contributed by atoms with Gasteiger partial charge in [-0.1, -0.05) is 0 Å². The number of fused-ring (bicyclic) bond motifs is 1. The Morgan fingerprint density at radius 2 is 2.27 bits per heavy atom. The molecule has 2 fully saturated rings. The third-order valence-electron chi connectivity index (χ3n) is 4.93. The fourth-order valence-electron chi connectivity index (χ4n) is 3.78. The minimum atomic E-state index is 0.141. The molecule has 0 aliphatic carbocycles. The van der Waals surface area contributed by atoms with Crippen LogP contribution in [0, 0.1) is 5.92 Å². The third kappa shape index (κ3) is 2.63. The quantitative estimate of drug-likeness (QED) is 0.874. The molecule has 22 heavy (non-hydrogen) atoms. The number of ether oxygens (including phenoxy) is 1. The van der Waals surface area contributed by atoms with E-state index < -0.39 is 0 Å². The number of aromatic nitrogens is 3.